The summed E-state index contributed by atoms with van der Waals surface area (Å²) in [6.45, 7) is 4.57. The van der Waals surface area contributed by atoms with Gasteiger partial charge in [0.15, 0.2) is 21.3 Å². The maximum absolute atomic E-state index is 12.4. The molecule has 0 aliphatic carbocycles. The monoisotopic (exact) mass is 377 g/mol. The average molecular weight is 377 g/mol. The normalized spacial score (nSPS) is 20.0. The van der Waals surface area contributed by atoms with E-state index in [9.17, 15) is 16.8 Å². The average Bonchev–Trinajstić information content (AvgIpc) is 2.87. The lowest BCUT2D eigenvalue weighted by atomic mass is 10.1. The maximum Gasteiger partial charge on any atom is 0.240 e. The molecule has 0 aromatic heterocycles. The van der Waals surface area contributed by atoms with Crippen LogP contribution in [0.15, 0.2) is 23.1 Å². The third-order valence-electron chi connectivity index (χ3n) is 3.71. The Bertz CT molecular complexity index is 773. The molecule has 1 fully saturated rings. The molecule has 0 saturated carbocycles. The van der Waals surface area contributed by atoms with E-state index in [0.717, 1.165) is 0 Å². The van der Waals surface area contributed by atoms with Gasteiger partial charge in [-0.3, -0.25) is 0 Å². The Hall–Kier alpha value is -1.32. The first-order chi connectivity index (χ1) is 11.3. The third kappa shape index (κ3) is 4.84. The molecule has 1 aliphatic heterocycles. The number of nitrogens with one attached hydrogen (secondary N) is 1. The molecule has 1 unspecified atom stereocenters. The fourth-order valence-corrected chi connectivity index (χ4v) is 5.54. The second-order valence-electron chi connectivity index (χ2n) is 5.60. The van der Waals surface area contributed by atoms with Crippen molar-refractivity contribution in [2.45, 2.75) is 25.2 Å². The Labute approximate surface area is 143 Å². The molecule has 24 heavy (non-hydrogen) atoms. The Morgan fingerprint density at radius 3 is 2.42 bits per heavy atom. The fraction of sp³-hybridized carbons (Fsp3) is 0.600. The van der Waals surface area contributed by atoms with Crippen molar-refractivity contribution in [2.75, 3.05) is 31.3 Å². The zero-order chi connectivity index (χ0) is 17.8. The largest absolute Gasteiger partial charge is 0.490 e. The van der Waals surface area contributed by atoms with E-state index in [-0.39, 0.29) is 28.9 Å². The van der Waals surface area contributed by atoms with Crippen LogP contribution in [0.2, 0.25) is 0 Å². The van der Waals surface area contributed by atoms with Gasteiger partial charge >= 0.3 is 0 Å². The summed E-state index contributed by atoms with van der Waals surface area (Å²) in [6, 6.07) is 4.42. The summed E-state index contributed by atoms with van der Waals surface area (Å²) in [5, 5.41) is 0. The lowest BCUT2D eigenvalue weighted by Crippen LogP contribution is -2.30. The van der Waals surface area contributed by atoms with Gasteiger partial charge in [0, 0.05) is 12.6 Å². The molecule has 0 spiro atoms. The molecule has 1 N–H and O–H groups in total. The summed E-state index contributed by atoms with van der Waals surface area (Å²) in [7, 11) is -6.76. The van der Waals surface area contributed by atoms with E-state index in [1.165, 1.54) is 12.1 Å². The zero-order valence-corrected chi connectivity index (χ0v) is 15.5. The number of ether oxygens (including phenoxy) is 2. The molecule has 0 radical (unpaired) electrons. The lowest BCUT2D eigenvalue weighted by molar-refractivity contribution is 0.287. The molecule has 7 nitrogen and oxygen atoms in total. The highest BCUT2D eigenvalue weighted by Crippen LogP contribution is 2.30. The van der Waals surface area contributed by atoms with Crippen LogP contribution in [0.1, 0.15) is 20.3 Å². The van der Waals surface area contributed by atoms with Crippen LogP contribution in [-0.2, 0) is 19.9 Å². The molecule has 1 aromatic carbocycles. The molecule has 1 aliphatic rings. The standard InChI is InChI=1S/C15H23NO6S2/c1-3-21-14-6-5-13(9-15(14)22-4-2)24(19,20)16-10-12-7-8-23(17,18)11-12/h5-6,9,12,16H,3-4,7-8,10-11H2,1-2H3. The second kappa shape index (κ2) is 7.71. The summed E-state index contributed by atoms with van der Waals surface area (Å²) in [5.41, 5.74) is 0. The van der Waals surface area contributed by atoms with Crippen LogP contribution >= 0.6 is 0 Å². The van der Waals surface area contributed by atoms with E-state index in [2.05, 4.69) is 4.72 Å². The van der Waals surface area contributed by atoms with Gasteiger partial charge in [0.25, 0.3) is 0 Å². The highest BCUT2D eigenvalue weighted by atomic mass is 32.2. The maximum atomic E-state index is 12.4. The molecule has 1 atom stereocenters. The first-order valence-corrected chi connectivity index (χ1v) is 11.2. The van der Waals surface area contributed by atoms with Crippen molar-refractivity contribution < 1.29 is 26.3 Å². The highest BCUT2D eigenvalue weighted by molar-refractivity contribution is 7.91. The highest BCUT2D eigenvalue weighted by Gasteiger charge is 2.29. The van der Waals surface area contributed by atoms with Crippen molar-refractivity contribution in [2.24, 2.45) is 5.92 Å². The van der Waals surface area contributed by atoms with Crippen molar-refractivity contribution in [3.8, 4) is 11.5 Å². The van der Waals surface area contributed by atoms with E-state index >= 15 is 0 Å². The molecular weight excluding hydrogens is 354 g/mol. The molecule has 0 amide bonds. The SMILES string of the molecule is CCOc1ccc(S(=O)(=O)NCC2CCS(=O)(=O)C2)cc1OCC. The fourth-order valence-electron chi connectivity index (χ4n) is 2.54. The van der Waals surface area contributed by atoms with Crippen LogP contribution in [0.25, 0.3) is 0 Å². The minimum absolute atomic E-state index is 0.0307. The minimum atomic E-state index is -3.74. The molecule has 2 rings (SSSR count). The summed E-state index contributed by atoms with van der Waals surface area (Å²) in [6.07, 6.45) is 0.484. The van der Waals surface area contributed by atoms with E-state index < -0.39 is 19.9 Å². The van der Waals surface area contributed by atoms with Crippen LogP contribution < -0.4 is 14.2 Å². The number of hydrogen-bond acceptors (Lipinski definition) is 6. The molecule has 9 heteroatoms. The molecule has 1 aromatic rings. The molecule has 1 saturated heterocycles. The van der Waals surface area contributed by atoms with Gasteiger partial charge in [-0.1, -0.05) is 0 Å². The van der Waals surface area contributed by atoms with Gasteiger partial charge in [-0.2, -0.15) is 0 Å². The Balaban J connectivity index is 2.12. The first-order valence-electron chi connectivity index (χ1n) is 7.87. The minimum Gasteiger partial charge on any atom is -0.490 e. The number of hydrogen-bond donors (Lipinski definition) is 1. The van der Waals surface area contributed by atoms with Gasteiger partial charge in [-0.15, -0.1) is 0 Å². The summed E-state index contributed by atoms with van der Waals surface area (Å²) in [4.78, 5) is 0.0651. The lowest BCUT2D eigenvalue weighted by Gasteiger charge is -2.14. The molecular formula is C15H23NO6S2. The number of benzene rings is 1. The van der Waals surface area contributed by atoms with Crippen molar-refractivity contribution in [3.05, 3.63) is 18.2 Å². The van der Waals surface area contributed by atoms with E-state index in [0.29, 0.717) is 31.1 Å². The number of sulfonamides is 1. The van der Waals surface area contributed by atoms with Crippen LogP contribution in [0.3, 0.4) is 0 Å². The zero-order valence-electron chi connectivity index (χ0n) is 13.8. The smallest absolute Gasteiger partial charge is 0.240 e. The second-order valence-corrected chi connectivity index (χ2v) is 9.59. The van der Waals surface area contributed by atoms with E-state index in [4.69, 9.17) is 9.47 Å². The number of rotatable bonds is 8. The van der Waals surface area contributed by atoms with Gasteiger partial charge in [0.1, 0.15) is 0 Å². The van der Waals surface area contributed by atoms with Crippen molar-refractivity contribution in [3.63, 3.8) is 0 Å². The van der Waals surface area contributed by atoms with Crippen molar-refractivity contribution in [1.29, 1.82) is 0 Å². The number of sulfone groups is 1. The Morgan fingerprint density at radius 1 is 1.17 bits per heavy atom. The van der Waals surface area contributed by atoms with E-state index in [1.807, 2.05) is 6.92 Å². The Kier molecular flexibility index (Phi) is 6.11. The van der Waals surface area contributed by atoms with Gasteiger partial charge in [0.2, 0.25) is 10.0 Å². The topological polar surface area (TPSA) is 98.8 Å². The van der Waals surface area contributed by atoms with Gasteiger partial charge < -0.3 is 9.47 Å². The van der Waals surface area contributed by atoms with Crippen LogP contribution in [-0.4, -0.2) is 48.1 Å². The van der Waals surface area contributed by atoms with Crippen LogP contribution in [0, 0.1) is 5.92 Å². The third-order valence-corrected chi connectivity index (χ3v) is 6.97. The summed E-state index contributed by atoms with van der Waals surface area (Å²) < 4.78 is 61.1. The van der Waals surface area contributed by atoms with Crippen LogP contribution in [0.5, 0.6) is 11.5 Å². The predicted molar refractivity (Wildman–Crippen MR) is 90.7 cm³/mol. The van der Waals surface area contributed by atoms with Crippen LogP contribution in [0.4, 0.5) is 0 Å². The molecule has 1 heterocycles. The quantitative estimate of drug-likeness (QED) is 0.731. The summed E-state index contributed by atoms with van der Waals surface area (Å²) in [5.74, 6) is 0.824. The Morgan fingerprint density at radius 2 is 1.83 bits per heavy atom. The van der Waals surface area contributed by atoms with E-state index in [1.54, 1.807) is 13.0 Å². The van der Waals surface area contributed by atoms with Gasteiger partial charge in [-0.25, -0.2) is 21.6 Å². The predicted octanol–water partition coefficient (Wildman–Crippen LogP) is 1.20. The molecule has 0 bridgehead atoms. The summed E-state index contributed by atoms with van der Waals surface area (Å²) >= 11 is 0. The first kappa shape index (κ1) is 19.0. The van der Waals surface area contributed by atoms with Crippen molar-refractivity contribution >= 4 is 19.9 Å². The molecule has 136 valence electrons. The van der Waals surface area contributed by atoms with Crippen molar-refractivity contribution in [1.82, 2.24) is 4.72 Å². The van der Waals surface area contributed by atoms with Gasteiger partial charge in [0.05, 0.1) is 29.6 Å². The van der Waals surface area contributed by atoms with Gasteiger partial charge in [-0.05, 0) is 38.3 Å².